The van der Waals surface area contributed by atoms with Crippen molar-refractivity contribution in [3.05, 3.63) is 35.9 Å². The Bertz CT molecular complexity index is 573. The number of hydrogen-bond acceptors (Lipinski definition) is 3. The Morgan fingerprint density at radius 2 is 1.65 bits per heavy atom. The van der Waals surface area contributed by atoms with Crippen LogP contribution in [0.2, 0.25) is 0 Å². The second-order valence-electron chi connectivity index (χ2n) is 8.23. The molecule has 0 atom stereocenters. The molecule has 0 bridgehead atoms. The molecular weight excluding hydrogens is 324 g/mol. The minimum absolute atomic E-state index is 0.301. The van der Waals surface area contributed by atoms with Gasteiger partial charge in [-0.2, -0.15) is 0 Å². The topological polar surface area (TPSA) is 32.8 Å². The predicted molar refractivity (Wildman–Crippen MR) is 103 cm³/mol. The maximum absolute atomic E-state index is 12.8. The minimum atomic E-state index is 0.301. The molecular formula is C22H32N2O2. The maximum Gasteiger partial charge on any atom is 0.225 e. The molecule has 1 saturated carbocycles. The highest BCUT2D eigenvalue weighted by atomic mass is 16.5. The Balaban J connectivity index is 1.38. The van der Waals surface area contributed by atoms with E-state index in [9.17, 15) is 4.79 Å². The Morgan fingerprint density at radius 1 is 0.962 bits per heavy atom. The van der Waals surface area contributed by atoms with Gasteiger partial charge in [0.15, 0.2) is 0 Å². The highest BCUT2D eigenvalue weighted by molar-refractivity contribution is 5.79. The van der Waals surface area contributed by atoms with E-state index in [0.29, 0.717) is 23.9 Å². The largest absolute Gasteiger partial charge is 0.381 e. The van der Waals surface area contributed by atoms with Gasteiger partial charge < -0.3 is 9.64 Å². The standard InChI is InChI=1S/C22H32N2O2/c25-22(19-9-5-2-6-10-19)23-16-21(17-23)24(20-11-13-26-14-12-20)15-18-7-3-1-4-8-18/h1,3-4,7-8,19-21H,2,5-6,9-17H2. The summed E-state index contributed by atoms with van der Waals surface area (Å²) in [6, 6.07) is 11.8. The van der Waals surface area contributed by atoms with E-state index in [1.807, 2.05) is 0 Å². The van der Waals surface area contributed by atoms with Gasteiger partial charge in [-0.1, -0.05) is 49.6 Å². The molecule has 1 aliphatic carbocycles. The molecule has 0 aromatic heterocycles. The van der Waals surface area contributed by atoms with Crippen LogP contribution in [0.1, 0.15) is 50.5 Å². The molecule has 3 aliphatic rings. The third-order valence-corrected chi connectivity index (χ3v) is 6.47. The van der Waals surface area contributed by atoms with Crippen LogP contribution in [-0.4, -0.2) is 54.1 Å². The van der Waals surface area contributed by atoms with Crippen LogP contribution < -0.4 is 0 Å². The number of ether oxygens (including phenoxy) is 1. The SMILES string of the molecule is O=C(C1CCCCC1)N1CC(N(Cc2ccccc2)C2CCOCC2)C1. The number of carbonyl (C=O) groups is 1. The number of likely N-dealkylation sites (tertiary alicyclic amines) is 1. The fraction of sp³-hybridized carbons (Fsp3) is 0.682. The normalized spacial score (nSPS) is 23.2. The lowest BCUT2D eigenvalue weighted by atomic mass is 9.87. The molecule has 2 aliphatic heterocycles. The number of rotatable bonds is 5. The van der Waals surface area contributed by atoms with Gasteiger partial charge in [0.2, 0.25) is 5.91 Å². The molecule has 3 fully saturated rings. The Labute approximate surface area is 157 Å². The van der Waals surface area contributed by atoms with Crippen LogP contribution in [0, 0.1) is 5.92 Å². The van der Waals surface area contributed by atoms with Gasteiger partial charge in [-0.15, -0.1) is 0 Å². The average molecular weight is 357 g/mol. The van der Waals surface area contributed by atoms with E-state index < -0.39 is 0 Å². The fourth-order valence-corrected chi connectivity index (χ4v) is 4.82. The lowest BCUT2D eigenvalue weighted by Crippen LogP contribution is -2.64. The van der Waals surface area contributed by atoms with Crippen molar-refractivity contribution in [2.75, 3.05) is 26.3 Å². The number of carbonyl (C=O) groups excluding carboxylic acids is 1. The summed E-state index contributed by atoms with van der Waals surface area (Å²) >= 11 is 0. The molecule has 0 N–H and O–H groups in total. The first-order valence-corrected chi connectivity index (χ1v) is 10.5. The third kappa shape index (κ3) is 4.12. The summed E-state index contributed by atoms with van der Waals surface area (Å²) < 4.78 is 5.58. The van der Waals surface area contributed by atoms with E-state index in [-0.39, 0.29) is 0 Å². The highest BCUT2D eigenvalue weighted by Gasteiger charge is 2.40. The molecule has 0 unspecified atom stereocenters. The van der Waals surface area contributed by atoms with Crippen LogP contribution in [-0.2, 0) is 16.1 Å². The van der Waals surface area contributed by atoms with Gasteiger partial charge in [-0.3, -0.25) is 9.69 Å². The van der Waals surface area contributed by atoms with E-state index in [4.69, 9.17) is 4.74 Å². The summed E-state index contributed by atoms with van der Waals surface area (Å²) in [5.74, 6) is 0.725. The van der Waals surface area contributed by atoms with Gasteiger partial charge in [-0.05, 0) is 31.2 Å². The van der Waals surface area contributed by atoms with Crippen molar-refractivity contribution in [3.63, 3.8) is 0 Å². The van der Waals surface area contributed by atoms with Crippen LogP contribution in [0.15, 0.2) is 30.3 Å². The van der Waals surface area contributed by atoms with Crippen LogP contribution >= 0.6 is 0 Å². The molecule has 26 heavy (non-hydrogen) atoms. The number of amides is 1. The van der Waals surface area contributed by atoms with Crippen LogP contribution in [0.5, 0.6) is 0 Å². The fourth-order valence-electron chi connectivity index (χ4n) is 4.82. The Kier molecular flexibility index (Phi) is 5.91. The van der Waals surface area contributed by atoms with Crippen molar-refractivity contribution in [1.82, 2.24) is 9.80 Å². The van der Waals surface area contributed by atoms with Crippen molar-refractivity contribution in [2.45, 2.75) is 63.6 Å². The molecule has 1 amide bonds. The molecule has 0 radical (unpaired) electrons. The van der Waals surface area contributed by atoms with Crippen molar-refractivity contribution in [2.24, 2.45) is 5.92 Å². The Morgan fingerprint density at radius 3 is 2.35 bits per heavy atom. The highest BCUT2D eigenvalue weighted by Crippen LogP contribution is 2.30. The molecule has 4 nitrogen and oxygen atoms in total. The molecule has 4 heteroatoms. The van der Waals surface area contributed by atoms with E-state index in [0.717, 1.165) is 58.5 Å². The first-order chi connectivity index (χ1) is 12.8. The summed E-state index contributed by atoms with van der Waals surface area (Å²) in [5, 5.41) is 0. The second-order valence-corrected chi connectivity index (χ2v) is 8.23. The van der Waals surface area contributed by atoms with Gasteiger partial charge in [0.25, 0.3) is 0 Å². The lowest BCUT2D eigenvalue weighted by molar-refractivity contribution is -0.146. The zero-order valence-electron chi connectivity index (χ0n) is 15.8. The zero-order chi connectivity index (χ0) is 17.8. The van der Waals surface area contributed by atoms with Gasteiger partial charge >= 0.3 is 0 Å². The van der Waals surface area contributed by atoms with Crippen LogP contribution in [0.4, 0.5) is 0 Å². The second kappa shape index (κ2) is 8.53. The van der Waals surface area contributed by atoms with E-state index in [1.54, 1.807) is 0 Å². The molecule has 1 aromatic rings. The van der Waals surface area contributed by atoms with Crippen molar-refractivity contribution >= 4 is 5.91 Å². The Hall–Kier alpha value is -1.39. The molecule has 2 heterocycles. The van der Waals surface area contributed by atoms with Gasteiger partial charge in [0.05, 0.1) is 0 Å². The quantitative estimate of drug-likeness (QED) is 0.810. The molecule has 0 spiro atoms. The summed E-state index contributed by atoms with van der Waals surface area (Å²) in [5.41, 5.74) is 1.37. The summed E-state index contributed by atoms with van der Waals surface area (Å²) in [7, 11) is 0. The summed E-state index contributed by atoms with van der Waals surface area (Å²) in [4.78, 5) is 17.5. The van der Waals surface area contributed by atoms with Crippen molar-refractivity contribution in [1.29, 1.82) is 0 Å². The van der Waals surface area contributed by atoms with Gasteiger partial charge in [-0.25, -0.2) is 0 Å². The molecule has 4 rings (SSSR count). The predicted octanol–water partition coefficient (Wildman–Crippen LogP) is 3.46. The summed E-state index contributed by atoms with van der Waals surface area (Å²) in [6.07, 6.45) is 8.20. The first-order valence-electron chi connectivity index (χ1n) is 10.5. The van der Waals surface area contributed by atoms with Gasteiger partial charge in [0, 0.05) is 50.8 Å². The number of nitrogens with zero attached hydrogens (tertiary/aromatic N) is 2. The molecule has 142 valence electrons. The average Bonchev–Trinajstić information content (AvgIpc) is 2.68. The number of hydrogen-bond donors (Lipinski definition) is 0. The smallest absolute Gasteiger partial charge is 0.225 e. The van der Waals surface area contributed by atoms with E-state index in [2.05, 4.69) is 40.1 Å². The maximum atomic E-state index is 12.8. The van der Waals surface area contributed by atoms with Crippen LogP contribution in [0.25, 0.3) is 0 Å². The molecule has 2 saturated heterocycles. The zero-order valence-corrected chi connectivity index (χ0v) is 15.8. The van der Waals surface area contributed by atoms with E-state index >= 15 is 0 Å². The van der Waals surface area contributed by atoms with Crippen molar-refractivity contribution in [3.8, 4) is 0 Å². The van der Waals surface area contributed by atoms with Crippen molar-refractivity contribution < 1.29 is 9.53 Å². The third-order valence-electron chi connectivity index (χ3n) is 6.47. The van der Waals surface area contributed by atoms with Crippen LogP contribution in [0.3, 0.4) is 0 Å². The molecule has 1 aromatic carbocycles. The minimum Gasteiger partial charge on any atom is -0.381 e. The first kappa shape index (κ1) is 18.0. The monoisotopic (exact) mass is 356 g/mol. The number of benzene rings is 1. The summed E-state index contributed by atoms with van der Waals surface area (Å²) in [6.45, 7) is 4.56. The lowest BCUT2D eigenvalue weighted by Gasteiger charge is -2.50. The van der Waals surface area contributed by atoms with Gasteiger partial charge in [0.1, 0.15) is 0 Å². The van der Waals surface area contributed by atoms with E-state index in [1.165, 1.54) is 24.8 Å².